The number of rotatable bonds is 1. The number of carbonyl (C=O) groups excluding carboxylic acids is 1. The van der Waals surface area contributed by atoms with Crippen molar-refractivity contribution >= 4 is 46.0 Å². The van der Waals surface area contributed by atoms with E-state index in [-0.39, 0.29) is 5.91 Å². The highest BCUT2D eigenvalue weighted by molar-refractivity contribution is 8.26. The third-order valence-electron chi connectivity index (χ3n) is 1.85. The van der Waals surface area contributed by atoms with Gasteiger partial charge in [0, 0.05) is 5.69 Å². The van der Waals surface area contributed by atoms with Crippen molar-refractivity contribution in [3.05, 3.63) is 34.7 Å². The summed E-state index contributed by atoms with van der Waals surface area (Å²) in [5.41, 5.74) is 7.21. The number of amides is 1. The quantitative estimate of drug-likeness (QED) is 0.443. The van der Waals surface area contributed by atoms with Gasteiger partial charge < -0.3 is 11.1 Å². The van der Waals surface area contributed by atoms with Crippen molar-refractivity contribution in [1.29, 1.82) is 0 Å². The lowest BCUT2D eigenvalue weighted by Crippen LogP contribution is -2.17. The van der Waals surface area contributed by atoms with E-state index in [1.807, 2.05) is 18.2 Å². The number of thioether (sulfide) groups is 1. The Hall–Kier alpha value is -1.33. The first kappa shape index (κ1) is 10.2. The molecule has 1 heterocycles. The predicted octanol–water partition coefficient (Wildman–Crippen LogP) is 1.76. The number of nitrogen functional groups attached to an aromatic ring is 1. The second kappa shape index (κ2) is 4.04. The molecule has 0 aromatic heterocycles. The molecule has 3 N–H and O–H groups in total. The summed E-state index contributed by atoms with van der Waals surface area (Å²) in [6.07, 6.45) is 1.77. The summed E-state index contributed by atoms with van der Waals surface area (Å²) in [7, 11) is 0. The molecule has 0 aliphatic carbocycles. The Morgan fingerprint density at radius 2 is 2.27 bits per heavy atom. The fourth-order valence-corrected chi connectivity index (χ4v) is 2.27. The standard InChI is InChI=1S/C10H8N2OS2/c11-7-3-1-2-6(4-7)5-8-9(13)12-10(14)15-8/h1-5H,11H2,(H,12,13,14)/b8-5-. The summed E-state index contributed by atoms with van der Waals surface area (Å²) in [5, 5.41) is 2.56. The summed E-state index contributed by atoms with van der Waals surface area (Å²) < 4.78 is 0.496. The predicted molar refractivity (Wildman–Crippen MR) is 67.2 cm³/mol. The van der Waals surface area contributed by atoms with Crippen LogP contribution in [0, 0.1) is 0 Å². The molecule has 0 unspecified atom stereocenters. The molecule has 0 bridgehead atoms. The third-order valence-corrected chi connectivity index (χ3v) is 3.01. The Kier molecular flexibility index (Phi) is 2.75. The number of carbonyl (C=O) groups is 1. The summed E-state index contributed by atoms with van der Waals surface area (Å²) >= 11 is 6.15. The summed E-state index contributed by atoms with van der Waals surface area (Å²) in [6, 6.07) is 7.34. The lowest BCUT2D eigenvalue weighted by molar-refractivity contribution is -0.115. The van der Waals surface area contributed by atoms with Gasteiger partial charge in [-0.05, 0) is 23.8 Å². The first-order valence-electron chi connectivity index (χ1n) is 4.25. The molecule has 0 saturated carbocycles. The average Bonchev–Trinajstić information content (AvgIpc) is 2.45. The normalized spacial score (nSPS) is 18.3. The van der Waals surface area contributed by atoms with Gasteiger partial charge in [-0.15, -0.1) is 0 Å². The second-order valence-electron chi connectivity index (χ2n) is 3.02. The van der Waals surface area contributed by atoms with Gasteiger partial charge in [0.15, 0.2) is 0 Å². The van der Waals surface area contributed by atoms with Crippen LogP contribution in [0.25, 0.3) is 6.08 Å². The maximum atomic E-state index is 11.4. The van der Waals surface area contributed by atoms with Gasteiger partial charge in [-0.25, -0.2) is 0 Å². The van der Waals surface area contributed by atoms with Gasteiger partial charge in [0.2, 0.25) is 0 Å². The Bertz CT molecular complexity index is 468. The fourth-order valence-electron chi connectivity index (χ4n) is 1.22. The molecule has 5 heteroatoms. The Morgan fingerprint density at radius 3 is 2.87 bits per heavy atom. The van der Waals surface area contributed by atoms with Gasteiger partial charge in [0.25, 0.3) is 5.91 Å². The van der Waals surface area contributed by atoms with Gasteiger partial charge in [0.05, 0.1) is 4.91 Å². The average molecular weight is 236 g/mol. The number of thiocarbonyl (C=S) groups is 1. The van der Waals surface area contributed by atoms with E-state index in [1.54, 1.807) is 12.1 Å². The number of nitrogens with two attached hydrogens (primary N) is 1. The topological polar surface area (TPSA) is 55.1 Å². The smallest absolute Gasteiger partial charge is 0.263 e. The minimum atomic E-state index is -0.146. The van der Waals surface area contributed by atoms with Crippen LogP contribution in [0.4, 0.5) is 5.69 Å². The summed E-state index contributed by atoms with van der Waals surface area (Å²) in [5.74, 6) is -0.146. The number of hydrogen-bond donors (Lipinski definition) is 2. The largest absolute Gasteiger partial charge is 0.399 e. The highest BCUT2D eigenvalue weighted by Crippen LogP contribution is 2.26. The first-order chi connectivity index (χ1) is 7.15. The molecule has 1 aliphatic rings. The van der Waals surface area contributed by atoms with Crippen LogP contribution in [-0.4, -0.2) is 10.2 Å². The maximum Gasteiger partial charge on any atom is 0.263 e. The van der Waals surface area contributed by atoms with Crippen molar-refractivity contribution in [3.8, 4) is 0 Å². The molecular formula is C10H8N2OS2. The molecule has 1 aromatic carbocycles. The van der Waals surface area contributed by atoms with Crippen molar-refractivity contribution in [3.63, 3.8) is 0 Å². The van der Waals surface area contributed by atoms with Crippen LogP contribution in [0.2, 0.25) is 0 Å². The highest BCUT2D eigenvalue weighted by Gasteiger charge is 2.21. The van der Waals surface area contributed by atoms with Gasteiger partial charge in [-0.2, -0.15) is 0 Å². The van der Waals surface area contributed by atoms with Gasteiger partial charge >= 0.3 is 0 Å². The zero-order valence-corrected chi connectivity index (χ0v) is 9.32. The summed E-state index contributed by atoms with van der Waals surface area (Å²) in [6.45, 7) is 0. The number of benzene rings is 1. The van der Waals surface area contributed by atoms with E-state index in [1.165, 1.54) is 11.8 Å². The molecule has 0 atom stereocenters. The molecule has 1 aliphatic heterocycles. The lowest BCUT2D eigenvalue weighted by Gasteiger charge is -1.96. The van der Waals surface area contributed by atoms with Crippen LogP contribution < -0.4 is 11.1 Å². The van der Waals surface area contributed by atoms with Crippen LogP contribution in [0.3, 0.4) is 0 Å². The Balaban J connectivity index is 2.31. The Morgan fingerprint density at radius 1 is 1.47 bits per heavy atom. The molecule has 3 nitrogen and oxygen atoms in total. The SMILES string of the molecule is Nc1cccc(/C=C2\SC(=S)NC2=O)c1. The first-order valence-corrected chi connectivity index (χ1v) is 5.48. The van der Waals surface area contributed by atoms with Crippen molar-refractivity contribution in [2.24, 2.45) is 0 Å². The molecule has 1 amide bonds. The highest BCUT2D eigenvalue weighted by atomic mass is 32.2. The lowest BCUT2D eigenvalue weighted by atomic mass is 10.2. The van der Waals surface area contributed by atoms with E-state index in [0.29, 0.717) is 14.9 Å². The van der Waals surface area contributed by atoms with Crippen molar-refractivity contribution in [1.82, 2.24) is 5.32 Å². The molecule has 76 valence electrons. The minimum Gasteiger partial charge on any atom is -0.399 e. The number of anilines is 1. The minimum absolute atomic E-state index is 0.146. The molecule has 2 rings (SSSR count). The van der Waals surface area contributed by atoms with Crippen molar-refractivity contribution in [2.45, 2.75) is 0 Å². The van der Waals surface area contributed by atoms with Crippen LogP contribution in [0.1, 0.15) is 5.56 Å². The Labute approximate surface area is 96.7 Å². The van der Waals surface area contributed by atoms with Gasteiger partial charge in [-0.3, -0.25) is 4.79 Å². The van der Waals surface area contributed by atoms with E-state index in [9.17, 15) is 4.79 Å². The van der Waals surface area contributed by atoms with E-state index < -0.39 is 0 Å². The van der Waals surface area contributed by atoms with E-state index in [4.69, 9.17) is 18.0 Å². The number of hydrogen-bond acceptors (Lipinski definition) is 4. The van der Waals surface area contributed by atoms with E-state index >= 15 is 0 Å². The zero-order chi connectivity index (χ0) is 10.8. The van der Waals surface area contributed by atoms with Gasteiger partial charge in [0.1, 0.15) is 4.32 Å². The molecule has 1 aromatic rings. The summed E-state index contributed by atoms with van der Waals surface area (Å²) in [4.78, 5) is 12.0. The van der Waals surface area contributed by atoms with E-state index in [2.05, 4.69) is 5.32 Å². The monoisotopic (exact) mass is 236 g/mol. The molecule has 0 spiro atoms. The van der Waals surface area contributed by atoms with Crippen LogP contribution in [0.15, 0.2) is 29.2 Å². The third kappa shape index (κ3) is 2.37. The fraction of sp³-hybridized carbons (Fsp3) is 0. The van der Waals surface area contributed by atoms with Crippen LogP contribution in [-0.2, 0) is 4.79 Å². The number of nitrogens with one attached hydrogen (secondary N) is 1. The van der Waals surface area contributed by atoms with Crippen LogP contribution in [0.5, 0.6) is 0 Å². The van der Waals surface area contributed by atoms with E-state index in [0.717, 1.165) is 5.56 Å². The second-order valence-corrected chi connectivity index (χ2v) is 4.74. The molecule has 1 saturated heterocycles. The van der Waals surface area contributed by atoms with Crippen molar-refractivity contribution < 1.29 is 4.79 Å². The molecule has 1 fully saturated rings. The molecule has 15 heavy (non-hydrogen) atoms. The van der Waals surface area contributed by atoms with Gasteiger partial charge in [-0.1, -0.05) is 36.1 Å². The molecule has 0 radical (unpaired) electrons. The maximum absolute atomic E-state index is 11.4. The van der Waals surface area contributed by atoms with Crippen molar-refractivity contribution in [2.75, 3.05) is 5.73 Å². The zero-order valence-electron chi connectivity index (χ0n) is 7.69. The van der Waals surface area contributed by atoms with Crippen LogP contribution >= 0.6 is 24.0 Å². The molecular weight excluding hydrogens is 228 g/mol.